The Kier molecular flexibility index (Phi) is 8.22. The first-order valence-electron chi connectivity index (χ1n) is 9.06. The highest BCUT2D eigenvalue weighted by Gasteiger charge is 2.28. The lowest BCUT2D eigenvalue weighted by Gasteiger charge is -2.32. The molecule has 1 unspecified atom stereocenters. The monoisotopic (exact) mass is 453 g/mol. The zero-order valence-electron chi connectivity index (χ0n) is 16.9. The highest BCUT2D eigenvalue weighted by Crippen LogP contribution is 2.27. The number of anilines is 2. The summed E-state index contributed by atoms with van der Waals surface area (Å²) < 4.78 is 18.9. The molecule has 0 spiro atoms. The Morgan fingerprint density at radius 3 is 2.70 bits per heavy atom. The number of methoxy groups -OCH3 is 1. The van der Waals surface area contributed by atoms with Crippen LogP contribution in [0.4, 0.5) is 20.6 Å². The molecule has 0 radical (unpaired) electrons. The lowest BCUT2D eigenvalue weighted by Crippen LogP contribution is -2.48. The average molecular weight is 454 g/mol. The van der Waals surface area contributed by atoms with Crippen LogP contribution < -0.4 is 27.0 Å². The van der Waals surface area contributed by atoms with Crippen LogP contribution >= 0.6 is 23.8 Å². The lowest BCUT2D eigenvalue weighted by molar-refractivity contribution is 0.130. The number of hydrogen-bond donors (Lipinski definition) is 5. The third kappa shape index (κ3) is 5.94. The predicted octanol–water partition coefficient (Wildman–Crippen LogP) is 3.34. The molecule has 1 atom stereocenters. The van der Waals surface area contributed by atoms with Crippen LogP contribution in [0, 0.1) is 5.82 Å². The Balaban J connectivity index is 2.17. The number of halogens is 2. The number of nitrogens with one attached hydrogen (secondary N) is 4. The van der Waals surface area contributed by atoms with Crippen molar-refractivity contribution < 1.29 is 13.9 Å². The van der Waals surface area contributed by atoms with Gasteiger partial charge in [-0.3, -0.25) is 0 Å². The van der Waals surface area contributed by atoms with Gasteiger partial charge in [0.25, 0.3) is 0 Å². The smallest absolute Gasteiger partial charge is 0.314 e. The Bertz CT molecular complexity index is 930. The summed E-state index contributed by atoms with van der Waals surface area (Å²) in [6, 6.07) is 9.52. The van der Waals surface area contributed by atoms with E-state index in [0.29, 0.717) is 16.9 Å². The van der Waals surface area contributed by atoms with E-state index in [-0.39, 0.29) is 29.3 Å². The van der Waals surface area contributed by atoms with Gasteiger partial charge in [0.1, 0.15) is 5.82 Å². The van der Waals surface area contributed by atoms with E-state index >= 15 is 0 Å². The molecular weight excluding hydrogens is 429 g/mol. The number of ether oxygens (including phenoxy) is 1. The number of para-hydroxylation sites is 1. The third-order valence-electron chi connectivity index (χ3n) is 4.49. The number of hydrogen-bond acceptors (Lipinski definition) is 4. The summed E-state index contributed by atoms with van der Waals surface area (Å²) in [5.74, 6) is -0.504. The van der Waals surface area contributed by atoms with E-state index in [9.17, 15) is 9.18 Å². The van der Waals surface area contributed by atoms with Crippen LogP contribution in [0.1, 0.15) is 18.1 Å². The minimum absolute atomic E-state index is 0.0102. The second-order valence-corrected chi connectivity index (χ2v) is 7.60. The standard InChI is InChI=1S/C20H25ClFN5O2S/c1-20(11-29-3,13-7-8-15(22)14(21)9-13)27-19(30)26-16-6-4-5-12(17(16)23)10-25-18(28)24-2/h4-9H,10-11,23H2,1-3H3,(H2,24,25,28)(H2,26,27,30). The summed E-state index contributed by atoms with van der Waals surface area (Å²) in [5.41, 5.74) is 7.93. The predicted molar refractivity (Wildman–Crippen MR) is 122 cm³/mol. The highest BCUT2D eigenvalue weighted by atomic mass is 35.5. The van der Waals surface area contributed by atoms with Crippen molar-refractivity contribution in [2.75, 3.05) is 31.8 Å². The number of thiocarbonyl (C=S) groups is 1. The molecule has 0 bridgehead atoms. The van der Waals surface area contributed by atoms with E-state index in [4.69, 9.17) is 34.3 Å². The first-order chi connectivity index (χ1) is 14.2. The fourth-order valence-electron chi connectivity index (χ4n) is 2.86. The molecule has 0 aliphatic rings. The van der Waals surface area contributed by atoms with Crippen LogP contribution in [0.15, 0.2) is 36.4 Å². The van der Waals surface area contributed by atoms with Crippen LogP contribution in [0.5, 0.6) is 0 Å². The van der Waals surface area contributed by atoms with Crippen molar-refractivity contribution in [3.63, 3.8) is 0 Å². The number of benzene rings is 2. The van der Waals surface area contributed by atoms with Crippen molar-refractivity contribution in [1.29, 1.82) is 0 Å². The van der Waals surface area contributed by atoms with Crippen molar-refractivity contribution in [2.24, 2.45) is 0 Å². The number of urea groups is 1. The largest absolute Gasteiger partial charge is 0.397 e. The molecule has 6 N–H and O–H groups in total. The number of carbonyl (C=O) groups excluding carboxylic acids is 1. The van der Waals surface area contributed by atoms with Crippen molar-refractivity contribution in [2.45, 2.75) is 19.0 Å². The fraction of sp³-hybridized carbons (Fsp3) is 0.300. The maximum atomic E-state index is 13.6. The summed E-state index contributed by atoms with van der Waals surface area (Å²) in [4.78, 5) is 11.4. The topological polar surface area (TPSA) is 100 Å². The third-order valence-corrected chi connectivity index (χ3v) is 4.98. The summed E-state index contributed by atoms with van der Waals surface area (Å²) >= 11 is 11.4. The Morgan fingerprint density at radius 1 is 1.33 bits per heavy atom. The quantitative estimate of drug-likeness (QED) is 0.325. The molecule has 2 rings (SSSR count). The van der Waals surface area contributed by atoms with Crippen LogP contribution in [0.3, 0.4) is 0 Å². The van der Waals surface area contributed by atoms with Gasteiger partial charge >= 0.3 is 6.03 Å². The van der Waals surface area contributed by atoms with Crippen LogP contribution in [-0.2, 0) is 16.8 Å². The Hall–Kier alpha value is -2.62. The molecule has 2 amide bonds. The number of nitrogen functional groups attached to an aromatic ring is 1. The summed E-state index contributed by atoms with van der Waals surface area (Å²) in [7, 11) is 3.09. The van der Waals surface area contributed by atoms with Gasteiger partial charge in [-0.15, -0.1) is 0 Å². The van der Waals surface area contributed by atoms with Gasteiger partial charge in [-0.1, -0.05) is 29.8 Å². The molecule has 0 aliphatic heterocycles. The van der Waals surface area contributed by atoms with Gasteiger partial charge in [-0.05, 0) is 48.5 Å². The van der Waals surface area contributed by atoms with E-state index in [1.54, 1.807) is 25.3 Å². The number of rotatable bonds is 7. The highest BCUT2D eigenvalue weighted by molar-refractivity contribution is 7.80. The van der Waals surface area contributed by atoms with Crippen LogP contribution in [0.2, 0.25) is 5.02 Å². The van der Waals surface area contributed by atoms with Gasteiger partial charge in [-0.2, -0.15) is 0 Å². The second-order valence-electron chi connectivity index (χ2n) is 6.78. The molecule has 0 heterocycles. The maximum Gasteiger partial charge on any atom is 0.314 e. The molecule has 0 saturated carbocycles. The van der Waals surface area contributed by atoms with E-state index in [1.807, 2.05) is 13.0 Å². The van der Waals surface area contributed by atoms with Gasteiger partial charge in [0.15, 0.2) is 5.11 Å². The molecule has 0 fully saturated rings. The molecule has 0 aliphatic carbocycles. The van der Waals surface area contributed by atoms with Crippen molar-refractivity contribution in [3.05, 3.63) is 58.4 Å². The van der Waals surface area contributed by atoms with Crippen LogP contribution in [-0.4, -0.2) is 31.9 Å². The Morgan fingerprint density at radius 2 is 2.07 bits per heavy atom. The minimum Gasteiger partial charge on any atom is -0.397 e. The first-order valence-corrected chi connectivity index (χ1v) is 9.85. The molecule has 2 aromatic rings. The zero-order valence-corrected chi connectivity index (χ0v) is 18.5. The fourth-order valence-corrected chi connectivity index (χ4v) is 3.38. The van der Waals surface area contributed by atoms with Crippen LogP contribution in [0.25, 0.3) is 0 Å². The van der Waals surface area contributed by atoms with Gasteiger partial charge in [0.05, 0.1) is 28.5 Å². The molecule has 7 nitrogen and oxygen atoms in total. The first kappa shape index (κ1) is 23.7. The number of amides is 2. The van der Waals surface area contributed by atoms with E-state index in [2.05, 4.69) is 21.3 Å². The van der Waals surface area contributed by atoms with Gasteiger partial charge in [-0.25, -0.2) is 9.18 Å². The van der Waals surface area contributed by atoms with E-state index in [1.165, 1.54) is 19.2 Å². The SMILES string of the molecule is CNC(=O)NCc1cccc(NC(=S)NC(C)(COC)c2ccc(F)c(Cl)c2)c1N. The van der Waals surface area contributed by atoms with Crippen molar-refractivity contribution in [3.8, 4) is 0 Å². The second kappa shape index (κ2) is 10.4. The van der Waals surface area contributed by atoms with E-state index < -0.39 is 11.4 Å². The molecule has 162 valence electrons. The molecule has 0 aromatic heterocycles. The Labute approximate surface area is 185 Å². The number of nitrogens with two attached hydrogens (primary N) is 1. The lowest BCUT2D eigenvalue weighted by atomic mass is 9.93. The zero-order chi connectivity index (χ0) is 22.3. The molecule has 0 saturated heterocycles. The average Bonchev–Trinajstić information content (AvgIpc) is 2.70. The summed E-state index contributed by atoms with van der Waals surface area (Å²) in [6.45, 7) is 2.38. The maximum absolute atomic E-state index is 13.6. The van der Waals surface area contributed by atoms with Gasteiger partial charge in [0, 0.05) is 20.7 Å². The number of carbonyl (C=O) groups is 1. The van der Waals surface area contributed by atoms with Gasteiger partial charge in [0.2, 0.25) is 0 Å². The minimum atomic E-state index is -0.774. The normalized spacial score (nSPS) is 12.6. The van der Waals surface area contributed by atoms with E-state index in [0.717, 1.165) is 5.56 Å². The molecule has 10 heteroatoms. The molecule has 30 heavy (non-hydrogen) atoms. The summed E-state index contributed by atoms with van der Waals surface area (Å²) in [5, 5.41) is 11.7. The van der Waals surface area contributed by atoms with Crippen molar-refractivity contribution in [1.82, 2.24) is 16.0 Å². The molecular formula is C20H25ClFN5O2S. The molecule has 2 aromatic carbocycles. The van der Waals surface area contributed by atoms with Gasteiger partial charge < -0.3 is 31.7 Å². The van der Waals surface area contributed by atoms with Crippen molar-refractivity contribution >= 4 is 46.3 Å². The summed E-state index contributed by atoms with van der Waals surface area (Å²) in [6.07, 6.45) is 0.